The molecule has 0 bridgehead atoms. The van der Waals surface area contributed by atoms with Crippen molar-refractivity contribution in [3.05, 3.63) is 0 Å². The monoisotopic (exact) mass is 320 g/mol. The molecule has 0 saturated heterocycles. The minimum Gasteiger partial charge on any atom is -0.260 e. The lowest BCUT2D eigenvalue weighted by molar-refractivity contribution is -0.548. The molecule has 0 heterocycles. The predicted molar refractivity (Wildman–Crippen MR) is 29.1 cm³/mol. The molecule has 0 spiro atoms. The lowest BCUT2D eigenvalue weighted by Gasteiger charge is -2.34. The van der Waals surface area contributed by atoms with Gasteiger partial charge >= 0.3 is 30.4 Å². The van der Waals surface area contributed by atoms with Crippen molar-refractivity contribution >= 4 is 0 Å². The Labute approximate surface area is 94.3 Å². The third kappa shape index (κ3) is 3.16. The van der Waals surface area contributed by atoms with Crippen molar-refractivity contribution in [3.63, 3.8) is 0 Å². The van der Waals surface area contributed by atoms with E-state index >= 15 is 0 Å². The summed E-state index contributed by atoms with van der Waals surface area (Å²) in [6.45, 7) is 0. The average molecular weight is 320 g/mol. The van der Waals surface area contributed by atoms with E-state index in [0.717, 1.165) is 4.94 Å². The first kappa shape index (κ1) is 18.1. The van der Waals surface area contributed by atoms with E-state index in [-0.39, 0.29) is 0 Å². The van der Waals surface area contributed by atoms with Gasteiger partial charge in [-0.2, -0.15) is 48.3 Å². The van der Waals surface area contributed by atoms with E-state index in [2.05, 4.69) is 0 Å². The fraction of sp³-hybridized carbons (Fsp3) is 1.00. The molecule has 0 aliphatic carbocycles. The van der Waals surface area contributed by atoms with E-state index in [0.29, 0.717) is 0 Å². The van der Waals surface area contributed by atoms with E-state index in [9.17, 15) is 52.8 Å². The van der Waals surface area contributed by atoms with Crippen LogP contribution in [-0.4, -0.2) is 30.4 Å². The molecule has 0 aliphatic heterocycles. The second kappa shape index (κ2) is 4.57. The molecule has 2 nitrogen and oxygen atoms in total. The number of ether oxygens (including phenoxy) is 1. The highest BCUT2D eigenvalue weighted by Crippen LogP contribution is 2.52. The molecule has 1 atom stereocenters. The quantitative estimate of drug-likeness (QED) is 0.732. The van der Waals surface area contributed by atoms with Gasteiger partial charge < -0.3 is 0 Å². The second-order valence-corrected chi connectivity index (χ2v) is 2.80. The van der Waals surface area contributed by atoms with E-state index < -0.39 is 30.4 Å². The molecule has 1 unspecified atom stereocenters. The second-order valence-electron chi connectivity index (χ2n) is 2.80. The van der Waals surface area contributed by atoms with Gasteiger partial charge in [0.2, 0.25) is 0 Å². The van der Waals surface area contributed by atoms with Crippen LogP contribution < -0.4 is 0 Å². The van der Waals surface area contributed by atoms with Crippen LogP contribution in [0.25, 0.3) is 0 Å². The molecule has 0 aromatic heterocycles. The summed E-state index contributed by atoms with van der Waals surface area (Å²) in [5.41, 5.74) is 0. The predicted octanol–water partition coefficient (Wildman–Crippen LogP) is 3.88. The Morgan fingerprint density at radius 3 is 1.11 bits per heavy atom. The SMILES string of the molecule is FOC(F)(F)C(F)(OC(F)(F)C(F)(F)F)C(F)(F)F. The summed E-state index contributed by atoms with van der Waals surface area (Å²) >= 11 is 0. The molecule has 0 N–H and O–H groups in total. The van der Waals surface area contributed by atoms with Gasteiger partial charge in [-0.15, -0.1) is 4.94 Å². The lowest BCUT2D eigenvalue weighted by atomic mass is 10.2. The summed E-state index contributed by atoms with van der Waals surface area (Å²) in [6.07, 6.45) is -27.9. The molecule has 19 heavy (non-hydrogen) atoms. The Hall–Kier alpha value is -0.920. The molecule has 0 aliphatic rings. The van der Waals surface area contributed by atoms with Crippen LogP contribution >= 0.6 is 0 Å². The van der Waals surface area contributed by atoms with Crippen molar-refractivity contribution in [1.82, 2.24) is 0 Å². The molecule has 0 aromatic carbocycles. The Balaban J connectivity index is 5.71. The zero-order chi connectivity index (χ0) is 15.9. The summed E-state index contributed by atoms with van der Waals surface area (Å²) in [4.78, 5) is 1.13. The third-order valence-corrected chi connectivity index (χ3v) is 1.43. The van der Waals surface area contributed by atoms with Gasteiger partial charge in [-0.05, 0) is 4.53 Å². The number of hydrogen-bond acceptors (Lipinski definition) is 2. The van der Waals surface area contributed by atoms with E-state index in [4.69, 9.17) is 0 Å². The van der Waals surface area contributed by atoms with Crippen LogP contribution in [0.3, 0.4) is 0 Å². The van der Waals surface area contributed by atoms with Gasteiger partial charge in [-0.1, -0.05) is 0 Å². The van der Waals surface area contributed by atoms with Gasteiger partial charge in [-0.3, -0.25) is 4.74 Å². The maximum absolute atomic E-state index is 12.7. The largest absolute Gasteiger partial charge is 0.483 e. The van der Waals surface area contributed by atoms with Crippen LogP contribution in [0.5, 0.6) is 0 Å². The molecule has 0 fully saturated rings. The fourth-order valence-electron chi connectivity index (χ4n) is 0.566. The Bertz CT molecular complexity index is 317. The maximum atomic E-state index is 12.7. The molecular formula is C5F12O2. The van der Waals surface area contributed by atoms with Crippen molar-refractivity contribution in [2.24, 2.45) is 0 Å². The topological polar surface area (TPSA) is 18.5 Å². The van der Waals surface area contributed by atoms with Crippen LogP contribution in [0, 0.1) is 0 Å². The zero-order valence-corrected chi connectivity index (χ0v) is 7.85. The first-order valence-corrected chi connectivity index (χ1v) is 3.60. The van der Waals surface area contributed by atoms with Crippen LogP contribution in [-0.2, 0) is 9.68 Å². The van der Waals surface area contributed by atoms with Crippen LogP contribution in [0.1, 0.15) is 0 Å². The molecule has 0 saturated carbocycles. The Morgan fingerprint density at radius 1 is 0.526 bits per heavy atom. The minimum absolute atomic E-state index is 1.13. The number of hydrogen-bond donors (Lipinski definition) is 0. The molecule has 116 valence electrons. The summed E-state index contributed by atoms with van der Waals surface area (Å²) in [6, 6.07) is 0. The van der Waals surface area contributed by atoms with Gasteiger partial charge in [0.1, 0.15) is 0 Å². The van der Waals surface area contributed by atoms with Gasteiger partial charge in [0.25, 0.3) is 0 Å². The highest BCUT2D eigenvalue weighted by Gasteiger charge is 2.80. The van der Waals surface area contributed by atoms with Crippen LogP contribution in [0.4, 0.5) is 52.8 Å². The van der Waals surface area contributed by atoms with Crippen molar-refractivity contribution < 1.29 is 62.5 Å². The lowest BCUT2D eigenvalue weighted by Crippen LogP contribution is -2.62. The molecular weight excluding hydrogens is 320 g/mol. The van der Waals surface area contributed by atoms with Gasteiger partial charge in [0, 0.05) is 0 Å². The number of rotatable bonds is 4. The highest BCUT2D eigenvalue weighted by atomic mass is 19.4. The van der Waals surface area contributed by atoms with Crippen molar-refractivity contribution in [3.8, 4) is 0 Å². The van der Waals surface area contributed by atoms with Gasteiger partial charge in [0.05, 0.1) is 0 Å². The molecule has 14 heteroatoms. The first-order chi connectivity index (χ1) is 8.02. The van der Waals surface area contributed by atoms with Crippen LogP contribution in [0.2, 0.25) is 0 Å². The third-order valence-electron chi connectivity index (χ3n) is 1.43. The summed E-state index contributed by atoms with van der Waals surface area (Å²) in [7, 11) is 0. The molecule has 0 aromatic rings. The van der Waals surface area contributed by atoms with Crippen molar-refractivity contribution in [2.75, 3.05) is 0 Å². The van der Waals surface area contributed by atoms with Crippen LogP contribution in [0.15, 0.2) is 0 Å². The molecule has 0 radical (unpaired) electrons. The summed E-state index contributed by atoms with van der Waals surface area (Å²) < 4.78 is 143. The van der Waals surface area contributed by atoms with Crippen molar-refractivity contribution in [2.45, 2.75) is 30.4 Å². The number of alkyl halides is 11. The highest BCUT2D eigenvalue weighted by molar-refractivity contribution is 4.88. The minimum atomic E-state index is -7.17. The van der Waals surface area contributed by atoms with E-state index in [1.165, 1.54) is 4.74 Å². The first-order valence-electron chi connectivity index (χ1n) is 3.60. The fourth-order valence-corrected chi connectivity index (χ4v) is 0.566. The van der Waals surface area contributed by atoms with Crippen molar-refractivity contribution in [1.29, 1.82) is 0 Å². The Morgan fingerprint density at radius 2 is 0.895 bits per heavy atom. The maximum Gasteiger partial charge on any atom is 0.483 e. The van der Waals surface area contributed by atoms with E-state index in [1.54, 1.807) is 0 Å². The molecule has 0 amide bonds. The van der Waals surface area contributed by atoms with E-state index in [1.807, 2.05) is 0 Å². The van der Waals surface area contributed by atoms with Gasteiger partial charge in [0.15, 0.2) is 0 Å². The normalized spacial score (nSPS) is 18.3. The smallest absolute Gasteiger partial charge is 0.260 e. The Kier molecular flexibility index (Phi) is 4.35. The summed E-state index contributed by atoms with van der Waals surface area (Å²) in [5.74, 6) is -7.08. The standard InChI is InChI=1S/C5F12O2/c6-1(2(7,8)9,4(13,14)19-17)18-5(15,16)3(10,11)12. The van der Waals surface area contributed by atoms with Gasteiger partial charge in [-0.25, -0.2) is 0 Å². The average Bonchev–Trinajstić information content (AvgIpc) is 2.13. The summed E-state index contributed by atoms with van der Waals surface area (Å²) in [5, 5.41) is 0. The molecule has 0 rings (SSSR count). The zero-order valence-electron chi connectivity index (χ0n) is 7.85. The number of halogens is 12.